The monoisotopic (exact) mass is 434 g/mol. The molecule has 0 unspecified atom stereocenters. The van der Waals surface area contributed by atoms with Gasteiger partial charge in [0.1, 0.15) is 11.2 Å². The molecule has 1 fully saturated rings. The van der Waals surface area contributed by atoms with Crippen molar-refractivity contribution in [2.75, 3.05) is 31.1 Å². The van der Waals surface area contributed by atoms with Crippen LogP contribution in [0.2, 0.25) is 0 Å². The van der Waals surface area contributed by atoms with Gasteiger partial charge < -0.3 is 23.8 Å². The molecule has 4 aromatic rings. The van der Waals surface area contributed by atoms with Crippen molar-refractivity contribution in [2.24, 2.45) is 0 Å². The van der Waals surface area contributed by atoms with Gasteiger partial charge in [0.2, 0.25) is 5.76 Å². The summed E-state index contributed by atoms with van der Waals surface area (Å²) in [6, 6.07) is 19.7. The maximum absolute atomic E-state index is 12.9. The van der Waals surface area contributed by atoms with Crippen LogP contribution in [0.15, 0.2) is 69.6 Å². The van der Waals surface area contributed by atoms with Crippen LogP contribution in [0.1, 0.15) is 17.0 Å². The Labute approximate surface area is 183 Å². The van der Waals surface area contributed by atoms with Crippen molar-refractivity contribution >= 4 is 29.5 Å². The molecule has 3 heterocycles. The summed E-state index contributed by atoms with van der Waals surface area (Å²) in [5.74, 6) is 0.123. The van der Waals surface area contributed by atoms with Crippen LogP contribution in [-0.2, 0) is 4.79 Å². The third-order valence-corrected chi connectivity index (χ3v) is 5.13. The van der Waals surface area contributed by atoms with Gasteiger partial charge in [-0.25, -0.2) is 0 Å². The summed E-state index contributed by atoms with van der Waals surface area (Å²) in [5, 5.41) is 10.9. The number of carbonyl (C=O) groups is 2. The predicted octanol–water partition coefficient (Wildman–Crippen LogP) is 3.54. The van der Waals surface area contributed by atoms with Gasteiger partial charge in [0.25, 0.3) is 18.4 Å². The molecule has 0 saturated carbocycles. The largest absolute Gasteiger partial charge is 0.483 e. The summed E-state index contributed by atoms with van der Waals surface area (Å²) >= 11 is 0. The smallest absolute Gasteiger partial charge is 0.298 e. The average molecular weight is 434 g/mol. The molecule has 32 heavy (non-hydrogen) atoms. The zero-order valence-electron chi connectivity index (χ0n) is 17.3. The highest BCUT2D eigenvalue weighted by Crippen LogP contribution is 2.24. The van der Waals surface area contributed by atoms with Crippen LogP contribution in [0, 0.1) is 0 Å². The van der Waals surface area contributed by atoms with E-state index in [1.165, 1.54) is 0 Å². The van der Waals surface area contributed by atoms with Crippen molar-refractivity contribution in [1.29, 1.82) is 0 Å². The van der Waals surface area contributed by atoms with Crippen LogP contribution < -0.4 is 4.90 Å². The normalized spacial score (nSPS) is 13.9. The topological polar surface area (TPSA) is 113 Å². The number of carbonyl (C=O) groups excluding carboxylic acids is 1. The maximum atomic E-state index is 12.9. The Kier molecular flexibility index (Phi) is 6.45. The lowest BCUT2D eigenvalue weighted by atomic mass is 10.1. The fourth-order valence-electron chi connectivity index (χ4n) is 3.58. The van der Waals surface area contributed by atoms with E-state index in [0.717, 1.165) is 29.6 Å². The molecule has 164 valence electrons. The fourth-order valence-corrected chi connectivity index (χ4v) is 3.58. The second-order valence-electron chi connectivity index (χ2n) is 7.14. The Morgan fingerprint density at radius 1 is 1.00 bits per heavy atom. The lowest BCUT2D eigenvalue weighted by molar-refractivity contribution is -0.122. The minimum absolute atomic E-state index is 0.140. The number of nitrogens with zero attached hydrogens (tertiary/aromatic N) is 4. The van der Waals surface area contributed by atoms with Gasteiger partial charge in [0, 0.05) is 37.8 Å². The number of anilines is 1. The summed E-state index contributed by atoms with van der Waals surface area (Å²) in [4.78, 5) is 29.7. The van der Waals surface area contributed by atoms with Crippen molar-refractivity contribution in [3.05, 3.63) is 66.4 Å². The first-order chi connectivity index (χ1) is 15.7. The standard InChI is InChI=1S/C22H20N4O3.CH2O2/c27-21(20-15-18(24-29-20)16-7-2-1-3-8-16)25-11-6-12-26(14-13-25)22-23-17-9-4-5-10-19(17)28-22;2-1-3/h1-5,7-10,15H,6,11-14H2;1H,(H,2,3). The van der Waals surface area contributed by atoms with Crippen molar-refractivity contribution in [3.8, 4) is 11.3 Å². The average Bonchev–Trinajstić information content (AvgIpc) is 3.41. The number of carboxylic acid groups (broad SMARTS) is 1. The summed E-state index contributed by atoms with van der Waals surface area (Å²) in [5.41, 5.74) is 3.20. The molecule has 0 bridgehead atoms. The first-order valence-corrected chi connectivity index (χ1v) is 10.2. The van der Waals surface area contributed by atoms with Gasteiger partial charge >= 0.3 is 0 Å². The summed E-state index contributed by atoms with van der Waals surface area (Å²) in [6.07, 6.45) is 0.824. The van der Waals surface area contributed by atoms with Crippen LogP contribution in [0.4, 0.5) is 6.01 Å². The fraction of sp³-hybridized carbons (Fsp3) is 0.217. The van der Waals surface area contributed by atoms with Crippen LogP contribution in [-0.4, -0.2) is 58.7 Å². The highest BCUT2D eigenvalue weighted by atomic mass is 16.5. The Bertz CT molecular complexity index is 1150. The number of rotatable bonds is 3. The molecule has 9 heteroatoms. The van der Waals surface area contributed by atoms with Crippen LogP contribution in [0.3, 0.4) is 0 Å². The molecule has 9 nitrogen and oxygen atoms in total. The quantitative estimate of drug-likeness (QED) is 0.487. The molecule has 1 aliphatic rings. The van der Waals surface area contributed by atoms with Crippen LogP contribution in [0.5, 0.6) is 0 Å². The SMILES string of the molecule is O=C(c1cc(-c2ccccc2)no1)N1CCCN(c2nc3ccccc3o2)CC1.O=CO. The maximum Gasteiger partial charge on any atom is 0.298 e. The highest BCUT2D eigenvalue weighted by molar-refractivity contribution is 5.92. The zero-order chi connectivity index (χ0) is 22.3. The molecule has 1 saturated heterocycles. The number of benzene rings is 2. The van der Waals surface area contributed by atoms with Crippen LogP contribution in [0.25, 0.3) is 22.4 Å². The minimum Gasteiger partial charge on any atom is -0.483 e. The van der Waals surface area contributed by atoms with E-state index >= 15 is 0 Å². The molecule has 0 atom stereocenters. The summed E-state index contributed by atoms with van der Waals surface area (Å²) in [7, 11) is 0. The van der Waals surface area contributed by atoms with E-state index < -0.39 is 0 Å². The van der Waals surface area contributed by atoms with E-state index in [2.05, 4.69) is 15.0 Å². The number of fused-ring (bicyclic) bond motifs is 1. The van der Waals surface area contributed by atoms with Gasteiger partial charge in [-0.05, 0) is 18.6 Å². The molecular formula is C23H22N4O5. The lowest BCUT2D eigenvalue weighted by Crippen LogP contribution is -2.35. The Hall–Kier alpha value is -4.14. The van der Waals surface area contributed by atoms with Crippen molar-refractivity contribution in [2.45, 2.75) is 6.42 Å². The number of oxazole rings is 1. The summed E-state index contributed by atoms with van der Waals surface area (Å²) < 4.78 is 11.2. The van der Waals surface area contributed by atoms with Crippen LogP contribution >= 0.6 is 0 Å². The van der Waals surface area contributed by atoms with Crippen molar-refractivity contribution in [1.82, 2.24) is 15.0 Å². The molecule has 5 rings (SSSR count). The molecule has 2 aromatic heterocycles. The van der Waals surface area contributed by atoms with Crippen molar-refractivity contribution < 1.29 is 23.6 Å². The number of amides is 1. The number of hydrogen-bond acceptors (Lipinski definition) is 7. The van der Waals surface area contributed by atoms with Gasteiger partial charge in [0.05, 0.1) is 0 Å². The van der Waals surface area contributed by atoms with E-state index in [1.54, 1.807) is 11.0 Å². The van der Waals surface area contributed by atoms with E-state index in [1.807, 2.05) is 54.6 Å². The lowest BCUT2D eigenvalue weighted by Gasteiger charge is -2.19. The minimum atomic E-state index is -0.250. The van der Waals surface area contributed by atoms with E-state index in [9.17, 15) is 4.79 Å². The molecule has 1 N–H and O–H groups in total. The first-order valence-electron chi connectivity index (χ1n) is 10.2. The van der Waals surface area contributed by atoms with Gasteiger partial charge in [-0.15, -0.1) is 0 Å². The Balaban J connectivity index is 0.000000775. The van der Waals surface area contributed by atoms with E-state index in [-0.39, 0.29) is 18.1 Å². The second-order valence-corrected chi connectivity index (χ2v) is 7.14. The number of para-hydroxylation sites is 2. The second kappa shape index (κ2) is 9.78. The molecule has 2 aromatic carbocycles. The van der Waals surface area contributed by atoms with Gasteiger partial charge in [-0.2, -0.15) is 4.98 Å². The third-order valence-electron chi connectivity index (χ3n) is 5.13. The highest BCUT2D eigenvalue weighted by Gasteiger charge is 2.25. The van der Waals surface area contributed by atoms with Gasteiger partial charge in [-0.3, -0.25) is 9.59 Å². The predicted molar refractivity (Wildman–Crippen MR) is 117 cm³/mol. The first kappa shape index (κ1) is 21.1. The molecule has 0 spiro atoms. The molecular weight excluding hydrogens is 412 g/mol. The molecule has 0 aliphatic carbocycles. The van der Waals surface area contributed by atoms with E-state index in [4.69, 9.17) is 18.8 Å². The summed E-state index contributed by atoms with van der Waals surface area (Å²) in [6.45, 7) is 2.40. The number of aromatic nitrogens is 2. The molecule has 1 aliphatic heterocycles. The third kappa shape index (κ3) is 4.61. The van der Waals surface area contributed by atoms with E-state index in [0.29, 0.717) is 31.3 Å². The Morgan fingerprint density at radius 3 is 2.53 bits per heavy atom. The molecule has 0 radical (unpaired) electrons. The van der Waals surface area contributed by atoms with Gasteiger partial charge in [-0.1, -0.05) is 47.6 Å². The molecule has 1 amide bonds. The number of hydrogen-bond donors (Lipinski definition) is 1. The Morgan fingerprint density at radius 2 is 1.75 bits per heavy atom. The van der Waals surface area contributed by atoms with Gasteiger partial charge in [0.15, 0.2) is 5.58 Å². The zero-order valence-corrected chi connectivity index (χ0v) is 17.3. The van der Waals surface area contributed by atoms with Crippen molar-refractivity contribution in [3.63, 3.8) is 0 Å².